The molecule has 154 valence electrons. The third-order valence-electron chi connectivity index (χ3n) is 6.24. The molecule has 0 atom stereocenters. The molecule has 0 radical (unpaired) electrons. The zero-order chi connectivity index (χ0) is 20.2. The van der Waals surface area contributed by atoms with Crippen LogP contribution in [0.5, 0.6) is 0 Å². The zero-order valence-electron chi connectivity index (χ0n) is 16.7. The van der Waals surface area contributed by atoms with Crippen molar-refractivity contribution in [3.63, 3.8) is 0 Å². The molecule has 8 heteroatoms. The predicted octanol–water partition coefficient (Wildman–Crippen LogP) is 3.40. The lowest BCUT2D eigenvalue weighted by atomic mass is 10.2. The molecule has 3 fully saturated rings. The number of amides is 1. The number of piperazine rings is 1. The Hall–Kier alpha value is -2.67. The second-order valence-corrected chi connectivity index (χ2v) is 8.98. The van der Waals surface area contributed by atoms with Crippen molar-refractivity contribution in [1.29, 1.82) is 0 Å². The summed E-state index contributed by atoms with van der Waals surface area (Å²) in [5.74, 6) is 2.88. The van der Waals surface area contributed by atoms with Crippen molar-refractivity contribution in [1.82, 2.24) is 24.6 Å². The number of nitrogens with zero attached hydrogens (tertiary/aromatic N) is 6. The molecule has 0 unspecified atom stereocenters. The van der Waals surface area contributed by atoms with Crippen molar-refractivity contribution in [3.8, 4) is 5.69 Å². The minimum absolute atomic E-state index is 0.278. The molecule has 2 aliphatic carbocycles. The van der Waals surface area contributed by atoms with E-state index in [0.717, 1.165) is 80.2 Å². The van der Waals surface area contributed by atoms with E-state index >= 15 is 0 Å². The summed E-state index contributed by atoms with van der Waals surface area (Å²) >= 11 is 6.21. The molecule has 3 aliphatic rings. The molecule has 6 rings (SSSR count). The number of carbonyl (C=O) groups excluding carboxylic acids is 1. The fraction of sp³-hybridized carbons (Fsp3) is 0.455. The fourth-order valence-electron chi connectivity index (χ4n) is 4.20. The first-order valence-electron chi connectivity index (χ1n) is 10.7. The summed E-state index contributed by atoms with van der Waals surface area (Å²) in [4.78, 5) is 26.6. The summed E-state index contributed by atoms with van der Waals surface area (Å²) in [6.45, 7) is 3.08. The van der Waals surface area contributed by atoms with Crippen LogP contribution in [0.3, 0.4) is 0 Å². The van der Waals surface area contributed by atoms with Crippen LogP contribution in [0.4, 0.5) is 5.82 Å². The standard InChI is InChI=1S/C22H23ClN6O/c23-16-2-1-3-17(12-16)29-21-18(13-24-29)20(25-19(26-21)14-4-5-14)27-8-10-28(11-9-27)22(30)15-6-7-15/h1-3,12-15H,4-11H2. The maximum Gasteiger partial charge on any atom is 0.225 e. The molecular formula is C22H23ClN6O. The van der Waals surface area contributed by atoms with Gasteiger partial charge < -0.3 is 9.80 Å². The van der Waals surface area contributed by atoms with Crippen LogP contribution < -0.4 is 4.90 Å². The van der Waals surface area contributed by atoms with E-state index in [-0.39, 0.29) is 5.92 Å². The number of benzene rings is 1. The van der Waals surface area contributed by atoms with E-state index in [1.54, 1.807) is 0 Å². The van der Waals surface area contributed by atoms with Gasteiger partial charge in [-0.2, -0.15) is 5.10 Å². The van der Waals surface area contributed by atoms with Crippen LogP contribution in [0.15, 0.2) is 30.5 Å². The second kappa shape index (κ2) is 6.94. The Morgan fingerprint density at radius 2 is 1.83 bits per heavy atom. The molecule has 2 aromatic heterocycles. The summed E-state index contributed by atoms with van der Waals surface area (Å²) in [6.07, 6.45) is 6.24. The van der Waals surface area contributed by atoms with Crippen molar-refractivity contribution in [2.24, 2.45) is 5.92 Å². The van der Waals surface area contributed by atoms with E-state index in [9.17, 15) is 4.79 Å². The summed E-state index contributed by atoms with van der Waals surface area (Å²) in [6, 6.07) is 7.66. The lowest BCUT2D eigenvalue weighted by molar-refractivity contribution is -0.132. The average molecular weight is 423 g/mol. The van der Waals surface area contributed by atoms with E-state index in [1.165, 1.54) is 0 Å². The number of anilines is 1. The molecule has 1 aromatic carbocycles. The average Bonchev–Trinajstić information content (AvgIpc) is 3.69. The molecule has 2 saturated carbocycles. The van der Waals surface area contributed by atoms with Gasteiger partial charge in [-0.05, 0) is 43.9 Å². The van der Waals surface area contributed by atoms with E-state index in [4.69, 9.17) is 21.6 Å². The van der Waals surface area contributed by atoms with Gasteiger partial charge in [0.1, 0.15) is 11.6 Å². The summed E-state index contributed by atoms with van der Waals surface area (Å²) in [7, 11) is 0. The van der Waals surface area contributed by atoms with Crippen LogP contribution in [0.1, 0.15) is 37.4 Å². The van der Waals surface area contributed by atoms with Crippen molar-refractivity contribution in [2.75, 3.05) is 31.1 Å². The number of hydrogen-bond acceptors (Lipinski definition) is 5. The van der Waals surface area contributed by atoms with Gasteiger partial charge in [-0.15, -0.1) is 0 Å². The lowest BCUT2D eigenvalue weighted by Gasteiger charge is -2.35. The number of fused-ring (bicyclic) bond motifs is 1. The largest absolute Gasteiger partial charge is 0.352 e. The van der Waals surface area contributed by atoms with Crippen molar-refractivity contribution in [3.05, 3.63) is 41.3 Å². The molecule has 1 amide bonds. The van der Waals surface area contributed by atoms with Crippen molar-refractivity contribution >= 4 is 34.4 Å². The SMILES string of the molecule is O=C(C1CC1)N1CCN(c2nc(C3CC3)nc3c2cnn3-c2cccc(Cl)c2)CC1. The Morgan fingerprint density at radius 1 is 1.03 bits per heavy atom. The molecule has 1 saturated heterocycles. The van der Waals surface area contributed by atoms with E-state index < -0.39 is 0 Å². The lowest BCUT2D eigenvalue weighted by Crippen LogP contribution is -2.49. The maximum atomic E-state index is 12.4. The Bertz CT molecular complexity index is 1130. The number of halogens is 1. The van der Waals surface area contributed by atoms with Gasteiger partial charge in [0.2, 0.25) is 5.91 Å². The summed E-state index contributed by atoms with van der Waals surface area (Å²) in [5, 5.41) is 6.24. The molecular weight excluding hydrogens is 400 g/mol. The zero-order valence-corrected chi connectivity index (χ0v) is 17.4. The van der Waals surface area contributed by atoms with Crippen molar-refractivity contribution < 1.29 is 4.79 Å². The molecule has 3 heterocycles. The van der Waals surface area contributed by atoms with Crippen LogP contribution in [0.2, 0.25) is 5.02 Å². The van der Waals surface area contributed by atoms with Gasteiger partial charge in [0.25, 0.3) is 0 Å². The quantitative estimate of drug-likeness (QED) is 0.644. The normalized spacial score (nSPS) is 19.5. The van der Waals surface area contributed by atoms with Gasteiger partial charge >= 0.3 is 0 Å². The Morgan fingerprint density at radius 3 is 2.53 bits per heavy atom. The molecule has 1 aliphatic heterocycles. The molecule has 0 bridgehead atoms. The first kappa shape index (κ1) is 18.1. The first-order valence-corrected chi connectivity index (χ1v) is 11.1. The third-order valence-corrected chi connectivity index (χ3v) is 6.47. The van der Waals surface area contributed by atoms with Crippen LogP contribution in [-0.2, 0) is 4.79 Å². The minimum atomic E-state index is 0.278. The van der Waals surface area contributed by atoms with Gasteiger partial charge in [0, 0.05) is 43.0 Å². The van der Waals surface area contributed by atoms with E-state index in [2.05, 4.69) is 10.00 Å². The molecule has 0 spiro atoms. The number of hydrogen-bond donors (Lipinski definition) is 0. The first-order chi connectivity index (χ1) is 14.7. The predicted molar refractivity (Wildman–Crippen MR) is 115 cm³/mol. The van der Waals surface area contributed by atoms with Crippen LogP contribution >= 0.6 is 11.6 Å². The van der Waals surface area contributed by atoms with Gasteiger partial charge in [-0.1, -0.05) is 17.7 Å². The highest BCUT2D eigenvalue weighted by molar-refractivity contribution is 6.30. The van der Waals surface area contributed by atoms with Crippen LogP contribution in [0.25, 0.3) is 16.7 Å². The fourth-order valence-corrected chi connectivity index (χ4v) is 4.38. The van der Waals surface area contributed by atoms with Crippen molar-refractivity contribution in [2.45, 2.75) is 31.6 Å². The van der Waals surface area contributed by atoms with Gasteiger partial charge in [0.05, 0.1) is 17.3 Å². The summed E-state index contributed by atoms with van der Waals surface area (Å²) in [5.41, 5.74) is 1.71. The molecule has 30 heavy (non-hydrogen) atoms. The third kappa shape index (κ3) is 3.21. The second-order valence-electron chi connectivity index (χ2n) is 8.54. The molecule has 3 aromatic rings. The number of aromatic nitrogens is 4. The molecule has 7 nitrogen and oxygen atoms in total. The highest BCUT2D eigenvalue weighted by Crippen LogP contribution is 2.40. The van der Waals surface area contributed by atoms with Gasteiger partial charge in [-0.3, -0.25) is 4.79 Å². The molecule has 0 N–H and O–H groups in total. The van der Waals surface area contributed by atoms with Gasteiger partial charge in [0.15, 0.2) is 5.65 Å². The topological polar surface area (TPSA) is 67.2 Å². The van der Waals surface area contributed by atoms with E-state index in [0.29, 0.717) is 16.8 Å². The highest BCUT2D eigenvalue weighted by Gasteiger charge is 2.35. The van der Waals surface area contributed by atoms with E-state index in [1.807, 2.05) is 40.0 Å². The van der Waals surface area contributed by atoms with Crippen LogP contribution in [0, 0.1) is 5.92 Å². The smallest absolute Gasteiger partial charge is 0.225 e. The summed E-state index contributed by atoms with van der Waals surface area (Å²) < 4.78 is 1.85. The minimum Gasteiger partial charge on any atom is -0.352 e. The maximum absolute atomic E-state index is 12.4. The van der Waals surface area contributed by atoms with Gasteiger partial charge in [-0.25, -0.2) is 14.6 Å². The Balaban J connectivity index is 1.36. The number of rotatable bonds is 4. The van der Waals surface area contributed by atoms with Crippen LogP contribution in [-0.4, -0.2) is 56.7 Å². The monoisotopic (exact) mass is 422 g/mol. The Kier molecular flexibility index (Phi) is 4.19. The Labute approximate surface area is 179 Å². The highest BCUT2D eigenvalue weighted by atomic mass is 35.5. The number of carbonyl (C=O) groups is 1.